The normalized spacial score (nSPS) is 11.3. The Morgan fingerprint density at radius 2 is 1.71 bits per heavy atom. The fraction of sp³-hybridized carbons (Fsp3) is 0.167. The molecule has 0 aromatic heterocycles. The Balaban J connectivity index is 2.04. The molecule has 0 saturated carbocycles. The van der Waals surface area contributed by atoms with Crippen LogP contribution in [0.3, 0.4) is 0 Å². The second-order valence-electron chi connectivity index (χ2n) is 4.85. The SMILES string of the molecule is CCC(=O)C(/C=N/Nc1ccccc1)=N/Nc1ccc(OC)cc1. The number of methoxy groups -OCH3 is 1. The third kappa shape index (κ3) is 5.24. The number of hydrogen-bond acceptors (Lipinski definition) is 6. The Hall–Kier alpha value is -3.15. The molecule has 6 nitrogen and oxygen atoms in total. The molecule has 2 aromatic carbocycles. The van der Waals surface area contributed by atoms with Crippen molar-refractivity contribution in [2.45, 2.75) is 13.3 Å². The van der Waals surface area contributed by atoms with Crippen molar-refractivity contribution >= 4 is 29.1 Å². The van der Waals surface area contributed by atoms with E-state index in [0.29, 0.717) is 6.42 Å². The lowest BCUT2D eigenvalue weighted by molar-refractivity contribution is -0.112. The monoisotopic (exact) mass is 324 g/mol. The molecule has 124 valence electrons. The number of para-hydroxylation sites is 1. The van der Waals surface area contributed by atoms with Crippen LogP contribution in [0.5, 0.6) is 5.75 Å². The third-order valence-corrected chi connectivity index (χ3v) is 3.16. The Morgan fingerprint density at radius 3 is 2.33 bits per heavy atom. The number of carbonyl (C=O) groups excluding carboxylic acids is 1. The first-order valence-electron chi connectivity index (χ1n) is 7.58. The van der Waals surface area contributed by atoms with Crippen molar-refractivity contribution in [3.05, 3.63) is 54.6 Å². The van der Waals surface area contributed by atoms with Gasteiger partial charge in [-0.05, 0) is 36.4 Å². The van der Waals surface area contributed by atoms with Crippen molar-refractivity contribution in [3.8, 4) is 5.75 Å². The van der Waals surface area contributed by atoms with Gasteiger partial charge in [-0.2, -0.15) is 10.2 Å². The van der Waals surface area contributed by atoms with Gasteiger partial charge >= 0.3 is 0 Å². The number of ether oxygens (including phenoxy) is 1. The Bertz CT molecular complexity index is 710. The Labute approximate surface area is 141 Å². The van der Waals surface area contributed by atoms with Gasteiger partial charge in [-0.1, -0.05) is 25.1 Å². The van der Waals surface area contributed by atoms with Gasteiger partial charge < -0.3 is 4.74 Å². The zero-order valence-corrected chi connectivity index (χ0v) is 13.7. The number of nitrogens with zero attached hydrogens (tertiary/aromatic N) is 2. The van der Waals surface area contributed by atoms with Crippen molar-refractivity contribution in [2.24, 2.45) is 10.2 Å². The summed E-state index contributed by atoms with van der Waals surface area (Å²) >= 11 is 0. The first-order valence-corrected chi connectivity index (χ1v) is 7.58. The number of benzene rings is 2. The largest absolute Gasteiger partial charge is 0.497 e. The van der Waals surface area contributed by atoms with Gasteiger partial charge in [0.25, 0.3) is 0 Å². The van der Waals surface area contributed by atoms with Crippen molar-refractivity contribution in [1.82, 2.24) is 0 Å². The second-order valence-corrected chi connectivity index (χ2v) is 4.85. The minimum absolute atomic E-state index is 0.102. The molecule has 0 spiro atoms. The number of hydrogen-bond donors (Lipinski definition) is 2. The van der Waals surface area contributed by atoms with E-state index in [0.717, 1.165) is 17.1 Å². The van der Waals surface area contributed by atoms with Crippen LogP contribution in [0.15, 0.2) is 64.8 Å². The van der Waals surface area contributed by atoms with Gasteiger partial charge in [0.1, 0.15) is 11.5 Å². The van der Waals surface area contributed by atoms with Crippen LogP contribution in [0.25, 0.3) is 0 Å². The fourth-order valence-electron chi connectivity index (χ4n) is 1.82. The van der Waals surface area contributed by atoms with E-state index in [1.54, 1.807) is 14.0 Å². The molecule has 0 saturated heterocycles. The standard InChI is InChI=1S/C18H20N4O2/c1-3-18(23)17(13-19-20-14-7-5-4-6-8-14)22-21-15-9-11-16(24-2)12-10-15/h4-13,20-21H,3H2,1-2H3/b19-13+,22-17+. The molecular weight excluding hydrogens is 304 g/mol. The summed E-state index contributed by atoms with van der Waals surface area (Å²) in [5.41, 5.74) is 7.54. The predicted octanol–water partition coefficient (Wildman–Crippen LogP) is 3.54. The third-order valence-electron chi connectivity index (χ3n) is 3.16. The number of ketones is 1. The summed E-state index contributed by atoms with van der Waals surface area (Å²) in [4.78, 5) is 12.0. The van der Waals surface area contributed by atoms with Crippen LogP contribution in [0.1, 0.15) is 13.3 Å². The summed E-state index contributed by atoms with van der Waals surface area (Å²) < 4.78 is 5.10. The molecule has 0 atom stereocenters. The fourth-order valence-corrected chi connectivity index (χ4v) is 1.82. The number of nitrogens with one attached hydrogen (secondary N) is 2. The highest BCUT2D eigenvalue weighted by atomic mass is 16.5. The maximum absolute atomic E-state index is 12.0. The Kier molecular flexibility index (Phi) is 6.52. The molecule has 0 fully saturated rings. The summed E-state index contributed by atoms with van der Waals surface area (Å²) in [5, 5.41) is 8.20. The number of rotatable bonds is 8. The van der Waals surface area contributed by atoms with E-state index in [9.17, 15) is 4.79 Å². The van der Waals surface area contributed by atoms with E-state index < -0.39 is 0 Å². The van der Waals surface area contributed by atoms with Gasteiger partial charge in [0.2, 0.25) is 0 Å². The lowest BCUT2D eigenvalue weighted by atomic mass is 10.2. The number of hydrazone groups is 2. The van der Waals surface area contributed by atoms with Crippen LogP contribution in [0, 0.1) is 0 Å². The minimum Gasteiger partial charge on any atom is -0.497 e. The van der Waals surface area contributed by atoms with Crippen LogP contribution in [0.2, 0.25) is 0 Å². The molecule has 0 amide bonds. The van der Waals surface area contributed by atoms with Crippen LogP contribution in [-0.4, -0.2) is 24.8 Å². The van der Waals surface area contributed by atoms with Gasteiger partial charge in [0.05, 0.1) is 24.7 Å². The topological polar surface area (TPSA) is 75.1 Å². The van der Waals surface area contributed by atoms with Crippen molar-refractivity contribution in [2.75, 3.05) is 18.0 Å². The predicted molar refractivity (Wildman–Crippen MR) is 97.9 cm³/mol. The maximum atomic E-state index is 12.0. The Morgan fingerprint density at radius 1 is 1.04 bits per heavy atom. The second kappa shape index (κ2) is 9.09. The molecule has 0 heterocycles. The van der Waals surface area contributed by atoms with E-state index in [1.165, 1.54) is 6.21 Å². The number of Topliss-reactive ketones (excluding diaryl/α,β-unsaturated/α-hetero) is 1. The molecule has 0 aliphatic heterocycles. The highest BCUT2D eigenvalue weighted by molar-refractivity contribution is 6.61. The lowest BCUT2D eigenvalue weighted by Gasteiger charge is -2.04. The summed E-state index contributed by atoms with van der Waals surface area (Å²) in [6.07, 6.45) is 1.76. The highest BCUT2D eigenvalue weighted by Gasteiger charge is 2.06. The molecule has 24 heavy (non-hydrogen) atoms. The van der Waals surface area contributed by atoms with Crippen LogP contribution in [-0.2, 0) is 4.79 Å². The van der Waals surface area contributed by atoms with E-state index in [1.807, 2.05) is 54.6 Å². The lowest BCUT2D eigenvalue weighted by Crippen LogP contribution is -2.17. The molecule has 2 aromatic rings. The molecule has 0 radical (unpaired) electrons. The van der Waals surface area contributed by atoms with Gasteiger partial charge in [-0.25, -0.2) is 0 Å². The molecular formula is C18H20N4O2. The summed E-state index contributed by atoms with van der Waals surface area (Å²) in [6, 6.07) is 16.7. The van der Waals surface area contributed by atoms with Crippen LogP contribution >= 0.6 is 0 Å². The zero-order chi connectivity index (χ0) is 17.2. The van der Waals surface area contributed by atoms with E-state index in [-0.39, 0.29) is 11.5 Å². The van der Waals surface area contributed by atoms with Crippen LogP contribution in [0.4, 0.5) is 11.4 Å². The van der Waals surface area contributed by atoms with Gasteiger partial charge in [0, 0.05) is 6.42 Å². The van der Waals surface area contributed by atoms with Crippen molar-refractivity contribution in [1.29, 1.82) is 0 Å². The summed E-state index contributed by atoms with van der Waals surface area (Å²) in [6.45, 7) is 1.78. The first-order chi connectivity index (χ1) is 11.7. The molecule has 2 N–H and O–H groups in total. The smallest absolute Gasteiger partial charge is 0.184 e. The molecule has 0 bridgehead atoms. The number of anilines is 2. The number of carbonyl (C=O) groups is 1. The zero-order valence-electron chi connectivity index (χ0n) is 13.7. The maximum Gasteiger partial charge on any atom is 0.184 e. The van der Waals surface area contributed by atoms with E-state index >= 15 is 0 Å². The van der Waals surface area contributed by atoms with Gasteiger partial charge in [0.15, 0.2) is 5.78 Å². The molecule has 0 aliphatic rings. The molecule has 6 heteroatoms. The molecule has 2 rings (SSSR count). The van der Waals surface area contributed by atoms with Crippen molar-refractivity contribution < 1.29 is 9.53 Å². The summed E-state index contributed by atoms with van der Waals surface area (Å²) in [5.74, 6) is 0.651. The molecule has 0 aliphatic carbocycles. The summed E-state index contributed by atoms with van der Waals surface area (Å²) in [7, 11) is 1.61. The van der Waals surface area contributed by atoms with Gasteiger partial charge in [-0.3, -0.25) is 15.6 Å². The van der Waals surface area contributed by atoms with Crippen LogP contribution < -0.4 is 15.6 Å². The molecule has 0 unspecified atom stereocenters. The van der Waals surface area contributed by atoms with Crippen molar-refractivity contribution in [3.63, 3.8) is 0 Å². The highest BCUT2D eigenvalue weighted by Crippen LogP contribution is 2.14. The van der Waals surface area contributed by atoms with E-state index in [2.05, 4.69) is 21.1 Å². The van der Waals surface area contributed by atoms with E-state index in [4.69, 9.17) is 4.74 Å². The average molecular weight is 324 g/mol. The average Bonchev–Trinajstić information content (AvgIpc) is 2.65. The quantitative estimate of drug-likeness (QED) is 0.575. The first kappa shape index (κ1) is 17.2. The van der Waals surface area contributed by atoms with Gasteiger partial charge in [-0.15, -0.1) is 0 Å². The minimum atomic E-state index is -0.102.